The first-order valence-corrected chi connectivity index (χ1v) is 6.87. The zero-order valence-corrected chi connectivity index (χ0v) is 11.3. The summed E-state index contributed by atoms with van der Waals surface area (Å²) in [6, 6.07) is 0. The zero-order chi connectivity index (χ0) is 13.3. The van der Waals surface area contributed by atoms with Gasteiger partial charge in [0.15, 0.2) is 5.78 Å². The molecule has 3 rings (SSSR count). The van der Waals surface area contributed by atoms with E-state index in [2.05, 4.69) is 13.8 Å². The molecular formula is C15H20O3. The molecule has 0 aromatic rings. The van der Waals surface area contributed by atoms with Gasteiger partial charge >= 0.3 is 0 Å². The highest BCUT2D eigenvalue weighted by Crippen LogP contribution is 2.64. The molecule has 3 nitrogen and oxygen atoms in total. The van der Waals surface area contributed by atoms with Crippen molar-refractivity contribution in [1.29, 1.82) is 0 Å². The minimum Gasteiger partial charge on any atom is -0.299 e. The van der Waals surface area contributed by atoms with Gasteiger partial charge in [-0.2, -0.15) is 0 Å². The van der Waals surface area contributed by atoms with Crippen LogP contribution in [-0.4, -0.2) is 17.3 Å². The average molecular weight is 248 g/mol. The van der Waals surface area contributed by atoms with Crippen molar-refractivity contribution in [2.24, 2.45) is 22.2 Å². The van der Waals surface area contributed by atoms with Crippen molar-refractivity contribution in [2.75, 3.05) is 0 Å². The van der Waals surface area contributed by atoms with Gasteiger partial charge in [-0.15, -0.1) is 0 Å². The lowest BCUT2D eigenvalue weighted by Crippen LogP contribution is -2.59. The Labute approximate surface area is 107 Å². The second-order valence-electron chi connectivity index (χ2n) is 7.24. The predicted octanol–water partition coefficient (Wildman–Crippen LogP) is 2.32. The van der Waals surface area contributed by atoms with Crippen molar-refractivity contribution in [3.63, 3.8) is 0 Å². The van der Waals surface area contributed by atoms with Crippen LogP contribution in [0.3, 0.4) is 0 Å². The lowest BCUT2D eigenvalue weighted by molar-refractivity contribution is -0.164. The molecule has 0 aromatic carbocycles. The molecule has 3 heteroatoms. The normalized spacial score (nSPS) is 46.2. The highest BCUT2D eigenvalue weighted by Gasteiger charge is 2.70. The summed E-state index contributed by atoms with van der Waals surface area (Å²) in [6.07, 6.45) is 2.84. The van der Waals surface area contributed by atoms with Crippen LogP contribution in [0.2, 0.25) is 0 Å². The largest absolute Gasteiger partial charge is 0.299 e. The Hall–Kier alpha value is -0.990. The minimum atomic E-state index is -0.870. The molecule has 3 aliphatic carbocycles. The molecule has 2 bridgehead atoms. The smallest absolute Gasteiger partial charge is 0.159 e. The van der Waals surface area contributed by atoms with Gasteiger partial charge < -0.3 is 0 Å². The van der Waals surface area contributed by atoms with Gasteiger partial charge in [-0.25, -0.2) is 0 Å². The Bertz CT molecular complexity index is 476. The van der Waals surface area contributed by atoms with E-state index < -0.39 is 10.8 Å². The molecule has 18 heavy (non-hydrogen) atoms. The average Bonchev–Trinajstić information content (AvgIpc) is 2.46. The lowest BCUT2D eigenvalue weighted by Gasteiger charge is -2.50. The van der Waals surface area contributed by atoms with Crippen LogP contribution in [0, 0.1) is 22.2 Å². The van der Waals surface area contributed by atoms with Gasteiger partial charge in [0.1, 0.15) is 11.6 Å². The maximum absolute atomic E-state index is 12.8. The number of hydrogen-bond acceptors (Lipinski definition) is 3. The van der Waals surface area contributed by atoms with E-state index >= 15 is 0 Å². The number of rotatable bonds is 0. The summed E-state index contributed by atoms with van der Waals surface area (Å²) in [7, 11) is 0. The minimum absolute atomic E-state index is 0.0501. The monoisotopic (exact) mass is 248 g/mol. The van der Waals surface area contributed by atoms with Gasteiger partial charge in [0.2, 0.25) is 0 Å². The predicted molar refractivity (Wildman–Crippen MR) is 65.9 cm³/mol. The topological polar surface area (TPSA) is 51.2 Å². The Morgan fingerprint density at radius 1 is 1.00 bits per heavy atom. The van der Waals surface area contributed by atoms with Crippen LogP contribution in [-0.2, 0) is 14.4 Å². The fourth-order valence-electron chi connectivity index (χ4n) is 4.80. The fraction of sp³-hybridized carbons (Fsp3) is 0.800. The summed E-state index contributed by atoms with van der Waals surface area (Å²) in [5.74, 6) is 0.235. The summed E-state index contributed by atoms with van der Waals surface area (Å²) in [5.41, 5.74) is -1.77. The van der Waals surface area contributed by atoms with Crippen molar-refractivity contribution < 1.29 is 14.4 Å². The SMILES string of the molecule is CC1(C)CC(=O)[C@]23CCC(=O)[C@](C)(CC[C@@H]12)C3=O. The van der Waals surface area contributed by atoms with E-state index in [4.69, 9.17) is 0 Å². The summed E-state index contributed by atoms with van der Waals surface area (Å²) in [5, 5.41) is 0. The molecule has 1 spiro atoms. The molecule has 0 aliphatic heterocycles. The van der Waals surface area contributed by atoms with E-state index in [1.165, 1.54) is 0 Å². The Morgan fingerprint density at radius 3 is 2.33 bits per heavy atom. The summed E-state index contributed by atoms with van der Waals surface area (Å²) in [4.78, 5) is 37.3. The fourth-order valence-corrected chi connectivity index (χ4v) is 4.80. The number of ketones is 3. The van der Waals surface area contributed by atoms with E-state index in [0.717, 1.165) is 6.42 Å². The van der Waals surface area contributed by atoms with Gasteiger partial charge in [-0.1, -0.05) is 13.8 Å². The van der Waals surface area contributed by atoms with Gasteiger partial charge in [-0.3, -0.25) is 14.4 Å². The standard InChI is InChI=1S/C15H20O3/c1-13(2)8-11(17)15-7-5-10(16)14(3,12(15)18)6-4-9(13)15/h9H,4-8H2,1-3H3/t9-,14-,15-/m0/s1. The molecule has 0 heterocycles. The first-order chi connectivity index (χ1) is 8.25. The molecule has 0 radical (unpaired) electrons. The van der Waals surface area contributed by atoms with Gasteiger partial charge in [-0.05, 0) is 37.5 Å². The van der Waals surface area contributed by atoms with E-state index in [1.54, 1.807) is 6.92 Å². The molecule has 3 saturated carbocycles. The molecule has 3 fully saturated rings. The van der Waals surface area contributed by atoms with Crippen LogP contribution >= 0.6 is 0 Å². The van der Waals surface area contributed by atoms with Crippen LogP contribution in [0.4, 0.5) is 0 Å². The Kier molecular flexibility index (Phi) is 2.09. The number of carbonyl (C=O) groups is 3. The maximum atomic E-state index is 12.8. The van der Waals surface area contributed by atoms with Crippen molar-refractivity contribution in [3.05, 3.63) is 0 Å². The number of hydrogen-bond donors (Lipinski definition) is 0. The molecule has 3 atom stereocenters. The van der Waals surface area contributed by atoms with Crippen molar-refractivity contribution in [2.45, 2.75) is 52.9 Å². The van der Waals surface area contributed by atoms with Crippen LogP contribution in [0.15, 0.2) is 0 Å². The van der Waals surface area contributed by atoms with E-state index in [1.807, 2.05) is 0 Å². The molecule has 0 saturated heterocycles. The molecule has 0 amide bonds. The van der Waals surface area contributed by atoms with E-state index in [-0.39, 0.29) is 28.7 Å². The lowest BCUT2D eigenvalue weighted by atomic mass is 9.49. The molecule has 0 unspecified atom stereocenters. The van der Waals surface area contributed by atoms with Crippen LogP contribution in [0.1, 0.15) is 52.9 Å². The number of fused-ring (bicyclic) bond motifs is 1. The third-order valence-corrected chi connectivity index (χ3v) is 5.85. The number of Topliss-reactive ketones (excluding diaryl/α,β-unsaturated/α-hetero) is 3. The first kappa shape index (κ1) is 12.1. The van der Waals surface area contributed by atoms with Crippen molar-refractivity contribution in [1.82, 2.24) is 0 Å². The molecule has 0 aromatic heterocycles. The van der Waals surface area contributed by atoms with Gasteiger partial charge in [0.25, 0.3) is 0 Å². The maximum Gasteiger partial charge on any atom is 0.159 e. The molecular weight excluding hydrogens is 228 g/mol. The van der Waals surface area contributed by atoms with E-state index in [9.17, 15) is 14.4 Å². The molecule has 0 N–H and O–H groups in total. The quantitative estimate of drug-likeness (QED) is 0.618. The molecule has 3 aliphatic rings. The van der Waals surface area contributed by atoms with Crippen LogP contribution in [0.5, 0.6) is 0 Å². The summed E-state index contributed by atoms with van der Waals surface area (Å²) in [6.45, 7) is 5.95. The van der Waals surface area contributed by atoms with Gasteiger partial charge in [0.05, 0.1) is 10.8 Å². The Morgan fingerprint density at radius 2 is 1.67 bits per heavy atom. The summed E-state index contributed by atoms with van der Waals surface area (Å²) >= 11 is 0. The molecule has 98 valence electrons. The Balaban J connectivity index is 2.17. The highest BCUT2D eigenvalue weighted by molar-refractivity contribution is 6.21. The second-order valence-corrected chi connectivity index (χ2v) is 7.24. The number of carbonyl (C=O) groups excluding carboxylic acids is 3. The third-order valence-electron chi connectivity index (χ3n) is 5.85. The van der Waals surface area contributed by atoms with Crippen LogP contribution < -0.4 is 0 Å². The second kappa shape index (κ2) is 3.12. The van der Waals surface area contributed by atoms with Gasteiger partial charge in [0, 0.05) is 12.8 Å². The summed E-state index contributed by atoms with van der Waals surface area (Å²) < 4.78 is 0. The first-order valence-electron chi connectivity index (χ1n) is 6.87. The van der Waals surface area contributed by atoms with Crippen molar-refractivity contribution in [3.8, 4) is 0 Å². The van der Waals surface area contributed by atoms with Crippen molar-refractivity contribution >= 4 is 17.3 Å². The zero-order valence-electron chi connectivity index (χ0n) is 11.3. The highest BCUT2D eigenvalue weighted by atomic mass is 16.2. The van der Waals surface area contributed by atoms with E-state index in [0.29, 0.717) is 25.7 Å². The van der Waals surface area contributed by atoms with Crippen LogP contribution in [0.25, 0.3) is 0 Å². The third kappa shape index (κ3) is 1.09.